The molecule has 1 heterocycles. The number of carboxylic acid groups (broad SMARTS) is 1. The van der Waals surface area contributed by atoms with Crippen LogP contribution in [0.1, 0.15) is 30.8 Å². The van der Waals surface area contributed by atoms with Gasteiger partial charge in [-0.3, -0.25) is 4.90 Å². The van der Waals surface area contributed by atoms with Gasteiger partial charge in [-0.05, 0) is 38.0 Å². The summed E-state index contributed by atoms with van der Waals surface area (Å²) in [5, 5.41) is 12.1. The van der Waals surface area contributed by atoms with Gasteiger partial charge in [0.15, 0.2) is 0 Å². The predicted molar refractivity (Wildman–Crippen MR) is 124 cm³/mol. The van der Waals surface area contributed by atoms with Crippen LogP contribution in [0.5, 0.6) is 0 Å². The largest absolute Gasteiger partial charge is 0.477 e. The van der Waals surface area contributed by atoms with Gasteiger partial charge >= 0.3 is 5.97 Å². The summed E-state index contributed by atoms with van der Waals surface area (Å²) in [5.74, 6) is -0.957. The highest BCUT2D eigenvalue weighted by Gasteiger charge is 2.24. The van der Waals surface area contributed by atoms with Gasteiger partial charge in [0, 0.05) is 43.1 Å². The van der Waals surface area contributed by atoms with Crippen LogP contribution in [0.3, 0.4) is 0 Å². The third kappa shape index (κ3) is 4.93. The first-order chi connectivity index (χ1) is 14.9. The monoisotopic (exact) mass is 444 g/mol. The van der Waals surface area contributed by atoms with Crippen molar-refractivity contribution in [1.82, 2.24) is 9.47 Å². The molecule has 2 aromatic carbocycles. The van der Waals surface area contributed by atoms with Crippen molar-refractivity contribution in [2.24, 2.45) is 0 Å². The Kier molecular flexibility index (Phi) is 7.73. The van der Waals surface area contributed by atoms with Crippen LogP contribution in [-0.4, -0.2) is 53.8 Å². The molecule has 0 amide bonds. The Labute approximate surface area is 187 Å². The minimum atomic E-state index is -0.957. The lowest BCUT2D eigenvalue weighted by Gasteiger charge is -2.32. The van der Waals surface area contributed by atoms with Crippen LogP contribution in [0.15, 0.2) is 48.5 Å². The van der Waals surface area contributed by atoms with Crippen molar-refractivity contribution in [2.75, 3.05) is 20.8 Å². The van der Waals surface area contributed by atoms with Gasteiger partial charge in [-0.1, -0.05) is 48.0 Å². The second kappa shape index (κ2) is 10.3. The molecular formula is C24H29ClN2O4. The van der Waals surface area contributed by atoms with Gasteiger partial charge < -0.3 is 19.1 Å². The fourth-order valence-corrected chi connectivity index (χ4v) is 4.20. The van der Waals surface area contributed by atoms with Crippen molar-refractivity contribution in [3.8, 4) is 11.3 Å². The molecule has 1 aromatic heterocycles. The number of rotatable bonds is 10. The fourth-order valence-electron chi connectivity index (χ4n) is 4.02. The lowest BCUT2D eigenvalue weighted by Crippen LogP contribution is -2.43. The van der Waals surface area contributed by atoms with Crippen LogP contribution in [0.4, 0.5) is 0 Å². The zero-order chi connectivity index (χ0) is 22.5. The summed E-state index contributed by atoms with van der Waals surface area (Å²) in [6, 6.07) is 15.2. The number of aromatic nitrogens is 1. The Morgan fingerprint density at radius 1 is 1.06 bits per heavy atom. The molecule has 0 aliphatic heterocycles. The average Bonchev–Trinajstić information content (AvgIpc) is 3.09. The van der Waals surface area contributed by atoms with Crippen molar-refractivity contribution in [1.29, 1.82) is 0 Å². The first kappa shape index (κ1) is 23.3. The van der Waals surface area contributed by atoms with Gasteiger partial charge in [0.25, 0.3) is 0 Å². The van der Waals surface area contributed by atoms with E-state index in [4.69, 9.17) is 21.1 Å². The zero-order valence-electron chi connectivity index (χ0n) is 18.3. The van der Waals surface area contributed by atoms with Crippen LogP contribution in [0, 0.1) is 0 Å². The molecule has 0 aliphatic rings. The van der Waals surface area contributed by atoms with Gasteiger partial charge in [0.2, 0.25) is 0 Å². The van der Waals surface area contributed by atoms with E-state index in [1.165, 1.54) is 0 Å². The molecule has 0 fully saturated rings. The topological polar surface area (TPSA) is 63.9 Å². The maximum atomic E-state index is 12.3. The molecule has 2 unspecified atom stereocenters. The van der Waals surface area contributed by atoms with Gasteiger partial charge in [0.1, 0.15) is 18.1 Å². The number of carbonyl (C=O) groups is 1. The third-order valence-electron chi connectivity index (χ3n) is 5.70. The smallest absolute Gasteiger partial charge is 0.353 e. The quantitative estimate of drug-likeness (QED) is 0.428. The normalized spacial score (nSPS) is 13.6. The maximum absolute atomic E-state index is 12.3. The molecule has 6 nitrogen and oxygen atoms in total. The SMILES string of the molecule is COC(C)N(CCCn1c(C(=O)O)c2ccc(Cl)cc2c1-c1ccccc1)C(C)OC. The first-order valence-electron chi connectivity index (χ1n) is 10.3. The Morgan fingerprint density at radius 3 is 2.29 bits per heavy atom. The molecule has 0 saturated carbocycles. The van der Waals surface area contributed by atoms with E-state index in [9.17, 15) is 9.90 Å². The van der Waals surface area contributed by atoms with Gasteiger partial charge in [-0.15, -0.1) is 0 Å². The Morgan fingerprint density at radius 2 is 1.71 bits per heavy atom. The van der Waals surface area contributed by atoms with E-state index < -0.39 is 5.97 Å². The molecule has 0 bridgehead atoms. The summed E-state index contributed by atoms with van der Waals surface area (Å²) in [4.78, 5) is 14.4. The molecule has 3 rings (SSSR count). The minimum absolute atomic E-state index is 0.120. The van der Waals surface area contributed by atoms with Crippen LogP contribution < -0.4 is 0 Å². The Hall–Kier alpha value is -2.38. The molecule has 0 saturated heterocycles. The van der Waals surface area contributed by atoms with E-state index in [2.05, 4.69) is 4.90 Å². The molecule has 0 radical (unpaired) electrons. The zero-order valence-corrected chi connectivity index (χ0v) is 19.1. The number of fused-ring (bicyclic) bond motifs is 1. The Balaban J connectivity index is 2.04. The summed E-state index contributed by atoms with van der Waals surface area (Å²) in [7, 11) is 3.33. The fraction of sp³-hybridized carbons (Fsp3) is 0.375. The molecule has 0 spiro atoms. The lowest BCUT2D eigenvalue weighted by molar-refractivity contribution is -0.117. The highest BCUT2D eigenvalue weighted by molar-refractivity contribution is 6.31. The second-order valence-electron chi connectivity index (χ2n) is 7.47. The van der Waals surface area contributed by atoms with E-state index in [1.807, 2.05) is 54.8 Å². The summed E-state index contributed by atoms with van der Waals surface area (Å²) in [6.07, 6.45) is 0.478. The number of benzene rings is 2. The number of aromatic carboxylic acids is 1. The molecule has 166 valence electrons. The molecule has 3 aromatic rings. The van der Waals surface area contributed by atoms with E-state index in [0.717, 1.165) is 23.1 Å². The van der Waals surface area contributed by atoms with Crippen LogP contribution >= 0.6 is 11.6 Å². The molecule has 31 heavy (non-hydrogen) atoms. The van der Waals surface area contributed by atoms with Crippen molar-refractivity contribution in [3.63, 3.8) is 0 Å². The van der Waals surface area contributed by atoms with E-state index >= 15 is 0 Å². The minimum Gasteiger partial charge on any atom is -0.477 e. The summed E-state index contributed by atoms with van der Waals surface area (Å²) in [5.41, 5.74) is 2.09. The molecule has 0 aliphatic carbocycles. The third-order valence-corrected chi connectivity index (χ3v) is 5.93. The highest BCUT2D eigenvalue weighted by Crippen LogP contribution is 2.36. The number of ether oxygens (including phenoxy) is 2. The second-order valence-corrected chi connectivity index (χ2v) is 7.91. The van der Waals surface area contributed by atoms with Gasteiger partial charge in [-0.2, -0.15) is 0 Å². The maximum Gasteiger partial charge on any atom is 0.353 e. The standard InChI is InChI=1S/C24H29ClN2O4/c1-16(30-3)26(17(2)31-4)13-8-14-27-22(18-9-6-5-7-10-18)21-15-19(25)11-12-20(21)23(27)24(28)29/h5-7,9-12,15-17H,8,13-14H2,1-4H3,(H,28,29). The number of methoxy groups -OCH3 is 2. The number of halogens is 1. The van der Waals surface area contributed by atoms with Crippen molar-refractivity contribution < 1.29 is 19.4 Å². The highest BCUT2D eigenvalue weighted by atomic mass is 35.5. The van der Waals surface area contributed by atoms with E-state index in [0.29, 0.717) is 23.5 Å². The van der Waals surface area contributed by atoms with Crippen LogP contribution in [0.2, 0.25) is 5.02 Å². The lowest BCUT2D eigenvalue weighted by atomic mass is 10.1. The van der Waals surface area contributed by atoms with Crippen molar-refractivity contribution in [2.45, 2.75) is 39.3 Å². The molecular weight excluding hydrogens is 416 g/mol. The summed E-state index contributed by atoms with van der Waals surface area (Å²) < 4.78 is 12.9. The van der Waals surface area contributed by atoms with Crippen molar-refractivity contribution >= 4 is 28.3 Å². The average molecular weight is 445 g/mol. The van der Waals surface area contributed by atoms with E-state index in [1.54, 1.807) is 26.4 Å². The van der Waals surface area contributed by atoms with E-state index in [-0.39, 0.29) is 18.1 Å². The molecule has 2 atom stereocenters. The number of hydrogen-bond donors (Lipinski definition) is 1. The number of carboxylic acids is 1. The molecule has 7 heteroatoms. The Bertz CT molecular complexity index is 1020. The summed E-state index contributed by atoms with van der Waals surface area (Å²) >= 11 is 6.28. The van der Waals surface area contributed by atoms with Crippen molar-refractivity contribution in [3.05, 3.63) is 59.2 Å². The van der Waals surface area contributed by atoms with Gasteiger partial charge in [0.05, 0.1) is 5.69 Å². The predicted octanol–water partition coefficient (Wildman–Crippen LogP) is 5.34. The number of nitrogens with zero attached hydrogens (tertiary/aromatic N) is 2. The van der Waals surface area contributed by atoms with Crippen LogP contribution in [-0.2, 0) is 16.0 Å². The molecule has 1 N–H and O–H groups in total. The van der Waals surface area contributed by atoms with Crippen LogP contribution in [0.25, 0.3) is 22.0 Å². The summed E-state index contributed by atoms with van der Waals surface area (Å²) in [6.45, 7) is 5.16. The first-order valence-corrected chi connectivity index (χ1v) is 10.7. The van der Waals surface area contributed by atoms with Gasteiger partial charge in [-0.25, -0.2) is 4.79 Å². The number of hydrogen-bond acceptors (Lipinski definition) is 4.